The molecule has 1 aromatic carbocycles. The van der Waals surface area contributed by atoms with Gasteiger partial charge in [-0.25, -0.2) is 0 Å². The van der Waals surface area contributed by atoms with Crippen LogP contribution in [0.25, 0.3) is 0 Å². The van der Waals surface area contributed by atoms with Gasteiger partial charge in [-0.2, -0.15) is 39.5 Å². The highest BCUT2D eigenvalue weighted by atomic mass is 19.4. The van der Waals surface area contributed by atoms with Crippen molar-refractivity contribution in [2.24, 2.45) is 0 Å². The molecule has 1 rings (SSSR count). The van der Waals surface area contributed by atoms with E-state index < -0.39 is 54.5 Å². The molecule has 1 aromatic rings. The topological polar surface area (TPSA) is 0 Å². The van der Waals surface area contributed by atoms with Crippen molar-refractivity contribution in [3.05, 3.63) is 34.9 Å². The molecule has 0 spiro atoms. The quantitative estimate of drug-likeness (QED) is 0.686. The Labute approximate surface area is 113 Å². The molecule has 0 fully saturated rings. The molecular formula is C12H9F9. The Morgan fingerprint density at radius 1 is 0.476 bits per heavy atom. The lowest BCUT2D eigenvalue weighted by Crippen LogP contribution is -2.16. The largest absolute Gasteiger partial charge is 0.393 e. The van der Waals surface area contributed by atoms with Crippen molar-refractivity contribution in [1.82, 2.24) is 0 Å². The van der Waals surface area contributed by atoms with E-state index in [0.717, 1.165) is 0 Å². The summed E-state index contributed by atoms with van der Waals surface area (Å²) in [5, 5.41) is 0. The first kappa shape index (κ1) is 17.6. The van der Waals surface area contributed by atoms with Crippen LogP contribution in [0.2, 0.25) is 0 Å². The molecule has 0 bridgehead atoms. The van der Waals surface area contributed by atoms with Gasteiger partial charge < -0.3 is 0 Å². The van der Waals surface area contributed by atoms with Crippen molar-refractivity contribution < 1.29 is 39.5 Å². The van der Waals surface area contributed by atoms with E-state index in [4.69, 9.17) is 0 Å². The summed E-state index contributed by atoms with van der Waals surface area (Å²) in [5.41, 5.74) is -1.87. The van der Waals surface area contributed by atoms with Crippen molar-refractivity contribution in [2.75, 3.05) is 0 Å². The van der Waals surface area contributed by atoms with E-state index in [0.29, 0.717) is 18.2 Å². The number of hydrogen-bond donors (Lipinski definition) is 0. The highest BCUT2D eigenvalue weighted by molar-refractivity contribution is 5.32. The minimum absolute atomic E-state index is 0.622. The van der Waals surface area contributed by atoms with Crippen molar-refractivity contribution in [1.29, 1.82) is 0 Å². The molecule has 0 saturated carbocycles. The van der Waals surface area contributed by atoms with Crippen molar-refractivity contribution in [3.8, 4) is 0 Å². The van der Waals surface area contributed by atoms with Gasteiger partial charge in [0, 0.05) is 0 Å². The lowest BCUT2D eigenvalue weighted by Gasteiger charge is -2.14. The van der Waals surface area contributed by atoms with Gasteiger partial charge in [0.25, 0.3) is 0 Å². The summed E-state index contributed by atoms with van der Waals surface area (Å²) in [7, 11) is 0. The van der Waals surface area contributed by atoms with Crippen LogP contribution in [0.4, 0.5) is 39.5 Å². The Morgan fingerprint density at radius 3 is 0.810 bits per heavy atom. The second-order valence-electron chi connectivity index (χ2n) is 4.53. The van der Waals surface area contributed by atoms with Crippen LogP contribution < -0.4 is 0 Å². The number of benzene rings is 1. The second kappa shape index (κ2) is 5.76. The standard InChI is InChI=1S/C12H9F9/c13-10(14,15)4-7-1-8(5-11(16,17)18)3-9(2-7)6-12(19,20)21/h1-3H,4-6H2. The molecule has 21 heavy (non-hydrogen) atoms. The molecule has 0 atom stereocenters. The Bertz CT molecular complexity index is 395. The summed E-state index contributed by atoms with van der Waals surface area (Å²) in [6.07, 6.45) is -18.9. The van der Waals surface area contributed by atoms with E-state index >= 15 is 0 Å². The maximum absolute atomic E-state index is 12.2. The zero-order valence-corrected chi connectivity index (χ0v) is 10.3. The highest BCUT2D eigenvalue weighted by Gasteiger charge is 2.32. The van der Waals surface area contributed by atoms with Gasteiger partial charge in [0.2, 0.25) is 0 Å². The molecule has 9 heteroatoms. The Kier molecular flexibility index (Phi) is 4.84. The molecule has 0 aliphatic rings. The van der Waals surface area contributed by atoms with Crippen LogP contribution in [0, 0.1) is 0 Å². The van der Waals surface area contributed by atoms with Gasteiger partial charge in [0.1, 0.15) is 0 Å². The van der Waals surface area contributed by atoms with E-state index in [1.165, 1.54) is 0 Å². The summed E-state index contributed by atoms with van der Waals surface area (Å²) in [6.45, 7) is 0. The molecule has 0 nitrogen and oxygen atoms in total. The number of hydrogen-bond acceptors (Lipinski definition) is 0. The molecule has 0 heterocycles. The molecule has 0 N–H and O–H groups in total. The third-order valence-electron chi connectivity index (χ3n) is 2.33. The van der Waals surface area contributed by atoms with Crippen LogP contribution in [-0.2, 0) is 19.3 Å². The summed E-state index contributed by atoms with van der Waals surface area (Å²) in [5.74, 6) is 0. The fraction of sp³-hybridized carbons (Fsp3) is 0.500. The molecule has 0 amide bonds. The van der Waals surface area contributed by atoms with Gasteiger partial charge in [-0.15, -0.1) is 0 Å². The first-order valence-corrected chi connectivity index (χ1v) is 5.55. The smallest absolute Gasteiger partial charge is 0.171 e. The van der Waals surface area contributed by atoms with Crippen LogP contribution >= 0.6 is 0 Å². The first-order chi connectivity index (χ1) is 9.23. The van der Waals surface area contributed by atoms with Crippen molar-refractivity contribution >= 4 is 0 Å². The highest BCUT2D eigenvalue weighted by Crippen LogP contribution is 2.29. The molecule has 120 valence electrons. The van der Waals surface area contributed by atoms with Crippen LogP contribution in [0.15, 0.2) is 18.2 Å². The van der Waals surface area contributed by atoms with E-state index in [2.05, 4.69) is 0 Å². The zero-order valence-electron chi connectivity index (χ0n) is 10.3. The molecule has 0 aliphatic carbocycles. The van der Waals surface area contributed by atoms with E-state index in [-0.39, 0.29) is 0 Å². The lowest BCUT2D eigenvalue weighted by molar-refractivity contribution is -0.127. The van der Waals surface area contributed by atoms with Crippen LogP contribution in [-0.4, -0.2) is 18.5 Å². The van der Waals surface area contributed by atoms with Crippen LogP contribution in [0.5, 0.6) is 0 Å². The first-order valence-electron chi connectivity index (χ1n) is 5.55. The average molecular weight is 324 g/mol. The average Bonchev–Trinajstić information content (AvgIpc) is 2.06. The lowest BCUT2D eigenvalue weighted by atomic mass is 9.99. The third kappa shape index (κ3) is 7.81. The summed E-state index contributed by atoms with van der Waals surface area (Å²) in [6, 6.07) is 1.88. The van der Waals surface area contributed by atoms with Gasteiger partial charge in [-0.1, -0.05) is 18.2 Å². The monoisotopic (exact) mass is 324 g/mol. The number of alkyl halides is 9. The van der Waals surface area contributed by atoms with Crippen LogP contribution in [0.1, 0.15) is 16.7 Å². The number of halogens is 9. The fourth-order valence-corrected chi connectivity index (χ4v) is 1.84. The van der Waals surface area contributed by atoms with Gasteiger partial charge in [-0.05, 0) is 16.7 Å². The number of rotatable bonds is 3. The van der Waals surface area contributed by atoms with Gasteiger partial charge in [-0.3, -0.25) is 0 Å². The normalized spacial score (nSPS) is 13.6. The molecule has 0 aliphatic heterocycles. The van der Waals surface area contributed by atoms with Crippen molar-refractivity contribution in [2.45, 2.75) is 37.8 Å². The second-order valence-corrected chi connectivity index (χ2v) is 4.53. The summed E-state index contributed by atoms with van der Waals surface area (Å²) < 4.78 is 110. The SMILES string of the molecule is FC(F)(F)Cc1cc(CC(F)(F)F)cc(CC(F)(F)F)c1. The van der Waals surface area contributed by atoms with Gasteiger partial charge in [0.15, 0.2) is 0 Å². The summed E-state index contributed by atoms with van der Waals surface area (Å²) >= 11 is 0. The maximum atomic E-state index is 12.2. The van der Waals surface area contributed by atoms with Gasteiger partial charge >= 0.3 is 18.5 Å². The molecular weight excluding hydrogens is 315 g/mol. The zero-order chi connectivity index (χ0) is 16.5. The van der Waals surface area contributed by atoms with Gasteiger partial charge in [0.05, 0.1) is 19.3 Å². The molecule has 0 radical (unpaired) electrons. The Hall–Kier alpha value is -1.41. The minimum Gasteiger partial charge on any atom is -0.171 e. The predicted molar refractivity (Wildman–Crippen MR) is 55.7 cm³/mol. The Morgan fingerprint density at radius 2 is 0.667 bits per heavy atom. The predicted octanol–water partition coefficient (Wildman–Crippen LogP) is 5.00. The van der Waals surface area contributed by atoms with Crippen molar-refractivity contribution in [3.63, 3.8) is 0 Å². The maximum Gasteiger partial charge on any atom is 0.393 e. The third-order valence-corrected chi connectivity index (χ3v) is 2.33. The molecule has 0 saturated heterocycles. The van der Waals surface area contributed by atoms with E-state index in [1.807, 2.05) is 0 Å². The van der Waals surface area contributed by atoms with Crippen LogP contribution in [0.3, 0.4) is 0 Å². The minimum atomic E-state index is -4.72. The fourth-order valence-electron chi connectivity index (χ4n) is 1.84. The summed E-state index contributed by atoms with van der Waals surface area (Å²) in [4.78, 5) is 0. The molecule has 0 unspecified atom stereocenters. The van der Waals surface area contributed by atoms with E-state index in [1.54, 1.807) is 0 Å². The molecule has 0 aromatic heterocycles. The Balaban J connectivity index is 3.13. The van der Waals surface area contributed by atoms with E-state index in [9.17, 15) is 39.5 Å².